The van der Waals surface area contributed by atoms with Crippen molar-refractivity contribution >= 4 is 67.4 Å². The molecule has 6 heteroatoms. The van der Waals surface area contributed by atoms with Gasteiger partial charge in [0.2, 0.25) is 0 Å². The van der Waals surface area contributed by atoms with Crippen molar-refractivity contribution in [3.05, 3.63) is 38.4 Å². The fourth-order valence-corrected chi connectivity index (χ4v) is 5.69. The van der Waals surface area contributed by atoms with Gasteiger partial charge in [-0.1, -0.05) is 11.6 Å². The number of fused-ring (bicyclic) bond motifs is 2. The van der Waals surface area contributed by atoms with Crippen LogP contribution >= 0.6 is 46.5 Å². The zero-order valence-electron chi connectivity index (χ0n) is 10.7. The number of rotatable bonds is 2. The highest BCUT2D eigenvalue weighted by Gasteiger charge is 2.33. The van der Waals surface area contributed by atoms with Crippen LogP contribution in [0.1, 0.15) is 5.56 Å². The number of hydrogen-bond acceptors (Lipinski definition) is 5. The van der Waals surface area contributed by atoms with Gasteiger partial charge in [-0.25, -0.2) is 0 Å². The molecule has 0 fully saturated rings. The van der Waals surface area contributed by atoms with Crippen molar-refractivity contribution < 1.29 is 0 Å². The van der Waals surface area contributed by atoms with E-state index in [9.17, 15) is 0 Å². The molecule has 2 aromatic rings. The zero-order chi connectivity index (χ0) is 13.7. The molecule has 0 saturated heterocycles. The van der Waals surface area contributed by atoms with Crippen LogP contribution in [0.25, 0.3) is 15.8 Å². The van der Waals surface area contributed by atoms with Crippen LogP contribution in [0.3, 0.4) is 0 Å². The largest absolute Gasteiger partial charge is 0.317 e. The molecule has 0 spiro atoms. The van der Waals surface area contributed by atoms with Crippen molar-refractivity contribution in [2.75, 3.05) is 19.3 Å². The number of thioether (sulfide) groups is 2. The molecule has 0 aliphatic carbocycles. The quantitative estimate of drug-likeness (QED) is 0.769. The van der Waals surface area contributed by atoms with E-state index in [2.05, 4.69) is 33.7 Å². The molecule has 102 valence electrons. The zero-order valence-corrected chi connectivity index (χ0v) is 13.9. The van der Waals surface area contributed by atoms with Gasteiger partial charge in [-0.3, -0.25) is 4.99 Å². The topological polar surface area (TPSA) is 15.6 Å². The summed E-state index contributed by atoms with van der Waals surface area (Å²) in [5, 5.41) is 5.23. The minimum absolute atomic E-state index is 0.831. The molecule has 0 saturated carbocycles. The van der Waals surface area contributed by atoms with Crippen LogP contribution in [0.5, 0.6) is 0 Å². The highest BCUT2D eigenvalue weighted by molar-refractivity contribution is 8.30. The highest BCUT2D eigenvalue weighted by atomic mass is 35.5. The van der Waals surface area contributed by atoms with Gasteiger partial charge in [0.25, 0.3) is 0 Å². The molecule has 0 atom stereocenters. The number of thiophene rings is 1. The van der Waals surface area contributed by atoms with Gasteiger partial charge in [0.1, 0.15) is 0 Å². The normalized spacial score (nSPS) is 18.1. The molecule has 2 nitrogen and oxygen atoms in total. The number of nitrogens with zero attached hydrogens (tertiary/aromatic N) is 2. The van der Waals surface area contributed by atoms with Crippen LogP contribution in [0, 0.1) is 0 Å². The van der Waals surface area contributed by atoms with E-state index in [0.717, 1.165) is 28.7 Å². The average molecular weight is 339 g/mol. The third-order valence-corrected chi connectivity index (χ3v) is 6.96. The Hall–Kier alpha value is -0.620. The Morgan fingerprint density at radius 3 is 3.10 bits per heavy atom. The van der Waals surface area contributed by atoms with E-state index < -0.39 is 0 Å². The Morgan fingerprint density at radius 2 is 2.25 bits per heavy atom. The summed E-state index contributed by atoms with van der Waals surface area (Å²) in [7, 11) is 0. The summed E-state index contributed by atoms with van der Waals surface area (Å²) >= 11 is 11.6. The Morgan fingerprint density at radius 1 is 1.35 bits per heavy atom. The van der Waals surface area contributed by atoms with Crippen molar-refractivity contribution in [1.29, 1.82) is 0 Å². The first-order valence-corrected chi connectivity index (χ1v) is 9.53. The number of aliphatic imine (C=N–C) groups is 1. The molecule has 2 aliphatic heterocycles. The van der Waals surface area contributed by atoms with Crippen LogP contribution in [-0.4, -0.2) is 29.4 Å². The molecule has 0 bridgehead atoms. The molecule has 3 heterocycles. The van der Waals surface area contributed by atoms with Crippen LogP contribution < -0.4 is 0 Å². The molecular weight excluding hydrogens is 328 g/mol. The van der Waals surface area contributed by atoms with Crippen LogP contribution in [-0.2, 0) is 0 Å². The van der Waals surface area contributed by atoms with Gasteiger partial charge in [0, 0.05) is 27.2 Å². The SMILES string of the molecule is CSC1=C(c2ccc(Cl)c3ccsc23)N2CCN=C2S1. The smallest absolute Gasteiger partial charge is 0.169 e. The maximum Gasteiger partial charge on any atom is 0.169 e. The number of benzene rings is 1. The van der Waals surface area contributed by atoms with Crippen molar-refractivity contribution in [3.8, 4) is 0 Å². The summed E-state index contributed by atoms with van der Waals surface area (Å²) < 4.78 is 2.60. The highest BCUT2D eigenvalue weighted by Crippen LogP contribution is 2.48. The van der Waals surface area contributed by atoms with E-state index in [0.29, 0.717) is 0 Å². The Kier molecular flexibility index (Phi) is 3.26. The average Bonchev–Trinajstić information content (AvgIpc) is 3.14. The van der Waals surface area contributed by atoms with Crippen LogP contribution in [0.2, 0.25) is 5.02 Å². The minimum atomic E-state index is 0.831. The maximum atomic E-state index is 6.30. The fourth-order valence-electron chi connectivity index (χ4n) is 2.57. The summed E-state index contributed by atoms with van der Waals surface area (Å²) in [5.41, 5.74) is 2.59. The Balaban J connectivity index is 1.96. The van der Waals surface area contributed by atoms with Gasteiger partial charge in [0.15, 0.2) is 5.17 Å². The summed E-state index contributed by atoms with van der Waals surface area (Å²) in [4.78, 5) is 6.93. The van der Waals surface area contributed by atoms with Gasteiger partial charge < -0.3 is 4.90 Å². The van der Waals surface area contributed by atoms with Gasteiger partial charge in [-0.15, -0.1) is 23.1 Å². The number of amidine groups is 1. The summed E-state index contributed by atoms with van der Waals surface area (Å²) in [6, 6.07) is 6.26. The second kappa shape index (κ2) is 4.98. The first kappa shape index (κ1) is 13.1. The monoisotopic (exact) mass is 338 g/mol. The lowest BCUT2D eigenvalue weighted by Crippen LogP contribution is -2.20. The second-order valence-electron chi connectivity index (χ2n) is 4.52. The third kappa shape index (κ3) is 1.84. The molecule has 0 amide bonds. The molecule has 1 aromatic carbocycles. The Labute approximate surface area is 134 Å². The summed E-state index contributed by atoms with van der Waals surface area (Å²) in [6.45, 7) is 1.88. The third-order valence-electron chi connectivity index (χ3n) is 3.45. The molecular formula is C14H11ClN2S3. The van der Waals surface area contributed by atoms with Gasteiger partial charge in [-0.05, 0) is 41.6 Å². The first-order chi connectivity index (χ1) is 9.79. The van der Waals surface area contributed by atoms with E-state index in [1.165, 1.54) is 20.2 Å². The van der Waals surface area contributed by atoms with Crippen LogP contribution in [0.15, 0.2) is 32.8 Å². The standard InChI is InChI=1S/C14H11ClN2S3/c1-18-13-11(17-6-5-16-14(17)20-13)9-2-3-10(15)8-4-7-19-12(8)9/h2-4,7H,5-6H2,1H3. The van der Waals surface area contributed by atoms with Gasteiger partial charge in [-0.2, -0.15) is 0 Å². The van der Waals surface area contributed by atoms with Gasteiger partial charge in [0.05, 0.1) is 16.5 Å². The lowest BCUT2D eigenvalue weighted by molar-refractivity contribution is 0.650. The molecule has 2 aliphatic rings. The summed E-state index contributed by atoms with van der Waals surface area (Å²) in [5.74, 6) is 0. The van der Waals surface area contributed by atoms with Crippen LogP contribution in [0.4, 0.5) is 0 Å². The Bertz CT molecular complexity index is 763. The first-order valence-electron chi connectivity index (χ1n) is 6.24. The van der Waals surface area contributed by atoms with E-state index in [-0.39, 0.29) is 0 Å². The number of halogens is 1. The van der Waals surface area contributed by atoms with Crippen molar-refractivity contribution in [3.63, 3.8) is 0 Å². The molecule has 4 rings (SSSR count). The van der Waals surface area contributed by atoms with E-state index >= 15 is 0 Å². The molecule has 0 unspecified atom stereocenters. The van der Waals surface area contributed by atoms with E-state index in [1.54, 1.807) is 34.9 Å². The van der Waals surface area contributed by atoms with Crippen molar-refractivity contribution in [2.45, 2.75) is 0 Å². The lowest BCUT2D eigenvalue weighted by atomic mass is 10.1. The van der Waals surface area contributed by atoms with Crippen molar-refractivity contribution in [2.24, 2.45) is 4.99 Å². The number of hydrogen-bond donors (Lipinski definition) is 0. The van der Waals surface area contributed by atoms with E-state index in [1.807, 2.05) is 6.07 Å². The maximum absolute atomic E-state index is 6.30. The van der Waals surface area contributed by atoms with E-state index in [4.69, 9.17) is 11.6 Å². The molecule has 0 radical (unpaired) electrons. The fraction of sp³-hybridized carbons (Fsp3) is 0.214. The predicted molar refractivity (Wildman–Crippen MR) is 93.9 cm³/mol. The summed E-state index contributed by atoms with van der Waals surface area (Å²) in [6.07, 6.45) is 2.13. The predicted octanol–water partition coefficient (Wildman–Crippen LogP) is 4.96. The molecule has 20 heavy (non-hydrogen) atoms. The van der Waals surface area contributed by atoms with Gasteiger partial charge >= 0.3 is 0 Å². The lowest BCUT2D eigenvalue weighted by Gasteiger charge is -2.18. The second-order valence-corrected chi connectivity index (χ2v) is 7.89. The molecule has 1 aromatic heterocycles. The van der Waals surface area contributed by atoms with Crippen molar-refractivity contribution in [1.82, 2.24) is 4.90 Å². The molecule has 0 N–H and O–H groups in total. The minimum Gasteiger partial charge on any atom is -0.317 e.